The Morgan fingerprint density at radius 1 is 1.20 bits per heavy atom. The number of likely N-dealkylation sites (N-methyl/N-ethyl adjacent to an activating group) is 1. The van der Waals surface area contributed by atoms with Crippen molar-refractivity contribution in [1.82, 2.24) is 9.80 Å². The second-order valence-electron chi connectivity index (χ2n) is 6.68. The first kappa shape index (κ1) is 17.9. The molecule has 2 atom stereocenters. The first-order valence-electron chi connectivity index (χ1n) is 8.79. The first-order chi connectivity index (χ1) is 9.61. The minimum absolute atomic E-state index is 0.251. The van der Waals surface area contributed by atoms with Crippen LogP contribution in [0.25, 0.3) is 0 Å². The summed E-state index contributed by atoms with van der Waals surface area (Å²) in [5.74, 6) is 0.772. The molecule has 2 N–H and O–H groups in total. The Balaban J connectivity index is 2.73. The van der Waals surface area contributed by atoms with E-state index in [0.29, 0.717) is 0 Å². The third-order valence-corrected chi connectivity index (χ3v) is 5.21. The van der Waals surface area contributed by atoms with Gasteiger partial charge in [-0.15, -0.1) is 0 Å². The highest BCUT2D eigenvalue weighted by Crippen LogP contribution is 2.29. The monoisotopic (exact) mass is 283 g/mol. The molecule has 0 aromatic heterocycles. The zero-order valence-corrected chi connectivity index (χ0v) is 14.3. The van der Waals surface area contributed by atoms with Crippen molar-refractivity contribution in [1.29, 1.82) is 0 Å². The number of likely N-dealkylation sites (tertiary alicyclic amines) is 1. The lowest BCUT2D eigenvalue weighted by Crippen LogP contribution is -2.55. The summed E-state index contributed by atoms with van der Waals surface area (Å²) in [6.45, 7) is 16.1. The predicted molar refractivity (Wildman–Crippen MR) is 89.1 cm³/mol. The predicted octanol–water partition coefficient (Wildman–Crippen LogP) is 2.95. The van der Waals surface area contributed by atoms with Crippen LogP contribution in [0.4, 0.5) is 0 Å². The van der Waals surface area contributed by atoms with E-state index in [4.69, 9.17) is 5.73 Å². The summed E-state index contributed by atoms with van der Waals surface area (Å²) < 4.78 is 0. The zero-order chi connectivity index (χ0) is 15.0. The summed E-state index contributed by atoms with van der Waals surface area (Å²) in [7, 11) is 0. The summed E-state index contributed by atoms with van der Waals surface area (Å²) in [5, 5.41) is 0. The van der Waals surface area contributed by atoms with Crippen molar-refractivity contribution in [2.24, 2.45) is 11.7 Å². The van der Waals surface area contributed by atoms with Gasteiger partial charge in [-0.2, -0.15) is 0 Å². The summed E-state index contributed by atoms with van der Waals surface area (Å²) in [4.78, 5) is 5.32. The van der Waals surface area contributed by atoms with E-state index in [0.717, 1.165) is 19.0 Å². The van der Waals surface area contributed by atoms with E-state index in [1.165, 1.54) is 58.3 Å². The minimum Gasteiger partial charge on any atom is -0.329 e. The average Bonchev–Trinajstić information content (AvgIpc) is 2.68. The number of rotatable bonds is 8. The molecule has 0 aromatic rings. The van der Waals surface area contributed by atoms with E-state index in [1.807, 2.05) is 0 Å². The number of nitrogens with zero attached hydrogens (tertiary/aromatic N) is 2. The maximum absolute atomic E-state index is 6.26. The Kier molecular flexibility index (Phi) is 8.08. The van der Waals surface area contributed by atoms with Crippen molar-refractivity contribution in [2.45, 2.75) is 65.3 Å². The average molecular weight is 284 g/mol. The van der Waals surface area contributed by atoms with Gasteiger partial charge in [0.2, 0.25) is 0 Å². The normalized spacial score (nSPS) is 26.7. The second kappa shape index (κ2) is 9.01. The summed E-state index contributed by atoms with van der Waals surface area (Å²) >= 11 is 0. The van der Waals surface area contributed by atoms with Crippen molar-refractivity contribution < 1.29 is 0 Å². The number of hydrogen-bond donors (Lipinski definition) is 1. The molecule has 1 aliphatic heterocycles. The third kappa shape index (κ3) is 4.71. The lowest BCUT2D eigenvalue weighted by Gasteiger charge is -2.44. The molecule has 1 saturated heterocycles. The molecule has 3 heteroatoms. The molecule has 3 nitrogen and oxygen atoms in total. The van der Waals surface area contributed by atoms with Gasteiger partial charge in [-0.25, -0.2) is 0 Å². The van der Waals surface area contributed by atoms with Crippen LogP contribution >= 0.6 is 0 Å². The fourth-order valence-corrected chi connectivity index (χ4v) is 3.59. The molecule has 1 fully saturated rings. The molecule has 0 bridgehead atoms. The van der Waals surface area contributed by atoms with Crippen LogP contribution in [-0.4, -0.2) is 54.6 Å². The van der Waals surface area contributed by atoms with Crippen LogP contribution in [0.2, 0.25) is 0 Å². The first-order valence-corrected chi connectivity index (χ1v) is 8.79. The second-order valence-corrected chi connectivity index (χ2v) is 6.68. The standard InChI is InChI=1S/C17H37N3/c1-5-11-19-12-8-9-17(15-18,10-13-19)20(7-3)14-16(4)6-2/h16H,5-15,18H2,1-4H3. The molecule has 0 saturated carbocycles. The van der Waals surface area contributed by atoms with Crippen molar-refractivity contribution in [3.05, 3.63) is 0 Å². The Morgan fingerprint density at radius 3 is 2.50 bits per heavy atom. The molecule has 0 aromatic carbocycles. The van der Waals surface area contributed by atoms with Crippen molar-refractivity contribution >= 4 is 0 Å². The summed E-state index contributed by atoms with van der Waals surface area (Å²) in [6.07, 6.45) is 6.34. The largest absolute Gasteiger partial charge is 0.329 e. The van der Waals surface area contributed by atoms with E-state index in [9.17, 15) is 0 Å². The molecule has 0 radical (unpaired) electrons. The Bertz CT molecular complexity index is 257. The van der Waals surface area contributed by atoms with Gasteiger partial charge in [0.25, 0.3) is 0 Å². The highest BCUT2D eigenvalue weighted by atomic mass is 15.2. The van der Waals surface area contributed by atoms with Gasteiger partial charge < -0.3 is 10.6 Å². The zero-order valence-electron chi connectivity index (χ0n) is 14.3. The number of hydrogen-bond acceptors (Lipinski definition) is 3. The van der Waals surface area contributed by atoms with Crippen LogP contribution in [0.3, 0.4) is 0 Å². The molecule has 1 aliphatic rings. The highest BCUT2D eigenvalue weighted by molar-refractivity contribution is 4.94. The lowest BCUT2D eigenvalue weighted by atomic mass is 9.87. The van der Waals surface area contributed by atoms with Gasteiger partial charge in [0, 0.05) is 18.6 Å². The van der Waals surface area contributed by atoms with Crippen molar-refractivity contribution in [3.63, 3.8) is 0 Å². The van der Waals surface area contributed by atoms with Gasteiger partial charge in [0.15, 0.2) is 0 Å². The quantitative estimate of drug-likeness (QED) is 0.743. The van der Waals surface area contributed by atoms with E-state index < -0.39 is 0 Å². The Labute approximate surface area is 126 Å². The van der Waals surface area contributed by atoms with E-state index in [2.05, 4.69) is 37.5 Å². The Hall–Kier alpha value is -0.120. The van der Waals surface area contributed by atoms with E-state index in [1.54, 1.807) is 0 Å². The third-order valence-electron chi connectivity index (χ3n) is 5.21. The molecular formula is C17H37N3. The molecule has 20 heavy (non-hydrogen) atoms. The smallest absolute Gasteiger partial charge is 0.0344 e. The fourth-order valence-electron chi connectivity index (χ4n) is 3.59. The molecule has 2 unspecified atom stereocenters. The minimum atomic E-state index is 0.251. The van der Waals surface area contributed by atoms with Crippen molar-refractivity contribution in [2.75, 3.05) is 39.3 Å². The van der Waals surface area contributed by atoms with Gasteiger partial charge >= 0.3 is 0 Å². The van der Waals surface area contributed by atoms with Crippen LogP contribution in [0.5, 0.6) is 0 Å². The molecule has 0 aliphatic carbocycles. The van der Waals surface area contributed by atoms with Gasteiger partial charge in [-0.3, -0.25) is 4.90 Å². The summed E-state index contributed by atoms with van der Waals surface area (Å²) in [5.41, 5.74) is 6.51. The molecular weight excluding hydrogens is 246 g/mol. The SMILES string of the molecule is CCCN1CCCC(CN)(N(CC)CC(C)CC)CC1. The lowest BCUT2D eigenvalue weighted by molar-refractivity contribution is 0.0683. The van der Waals surface area contributed by atoms with Gasteiger partial charge in [-0.05, 0) is 57.8 Å². The molecule has 120 valence electrons. The fraction of sp³-hybridized carbons (Fsp3) is 1.00. The molecule has 1 rings (SSSR count). The van der Waals surface area contributed by atoms with Gasteiger partial charge in [0.05, 0.1) is 0 Å². The molecule has 0 amide bonds. The summed E-state index contributed by atoms with van der Waals surface area (Å²) in [6, 6.07) is 0. The van der Waals surface area contributed by atoms with Crippen LogP contribution in [0, 0.1) is 5.92 Å². The number of nitrogens with two attached hydrogens (primary N) is 1. The van der Waals surface area contributed by atoms with Crippen LogP contribution in [-0.2, 0) is 0 Å². The highest BCUT2D eigenvalue weighted by Gasteiger charge is 2.36. The molecule has 0 spiro atoms. The van der Waals surface area contributed by atoms with Crippen LogP contribution in [0.15, 0.2) is 0 Å². The van der Waals surface area contributed by atoms with Crippen molar-refractivity contribution in [3.8, 4) is 0 Å². The maximum atomic E-state index is 6.26. The van der Waals surface area contributed by atoms with E-state index in [-0.39, 0.29) is 5.54 Å². The molecule has 1 heterocycles. The Morgan fingerprint density at radius 2 is 1.95 bits per heavy atom. The van der Waals surface area contributed by atoms with Gasteiger partial charge in [-0.1, -0.05) is 34.1 Å². The van der Waals surface area contributed by atoms with Crippen LogP contribution < -0.4 is 5.73 Å². The topological polar surface area (TPSA) is 32.5 Å². The van der Waals surface area contributed by atoms with E-state index >= 15 is 0 Å². The van der Waals surface area contributed by atoms with Gasteiger partial charge in [0.1, 0.15) is 0 Å². The maximum Gasteiger partial charge on any atom is 0.0344 e. The van der Waals surface area contributed by atoms with Crippen LogP contribution in [0.1, 0.15) is 59.8 Å².